The summed E-state index contributed by atoms with van der Waals surface area (Å²) in [4.78, 5) is 26.3. The number of aromatic amines is 1. The Kier molecular flexibility index (Phi) is 9.99. The number of nitrogens with zero attached hydrogens (tertiary/aromatic N) is 1. The fourth-order valence-corrected chi connectivity index (χ4v) is 7.71. The molecule has 8 nitrogen and oxygen atoms in total. The molecule has 37 heavy (non-hydrogen) atoms. The SMILES string of the molecule is C=C(C)[C@@H]1CC[C@](C)(S)[C@@H](O[PH](=S)O[C@H]2C[C@H](n3ccc(=O)[nH]c3=O)O[C@@H]2CO[Si](C)(C)C(C)(C)C)C1. The van der Waals surface area contributed by atoms with Crippen LogP contribution in [-0.4, -0.2) is 47.5 Å². The Hall–Kier alpha value is -0.523. The number of nitrogens with one attached hydrogen (secondary N) is 1. The van der Waals surface area contributed by atoms with E-state index < -0.39 is 45.2 Å². The highest BCUT2D eigenvalue weighted by Crippen LogP contribution is 2.46. The van der Waals surface area contributed by atoms with Gasteiger partial charge < -0.3 is 18.2 Å². The van der Waals surface area contributed by atoms with Crippen LogP contribution in [0, 0.1) is 5.92 Å². The Labute approximate surface area is 232 Å². The predicted octanol–water partition coefficient (Wildman–Crippen LogP) is 5.19. The number of aromatic nitrogens is 2. The zero-order valence-electron chi connectivity index (χ0n) is 23.0. The van der Waals surface area contributed by atoms with Crippen molar-refractivity contribution in [2.24, 2.45) is 5.92 Å². The van der Waals surface area contributed by atoms with Crippen LogP contribution in [-0.2, 0) is 30.0 Å². The Balaban J connectivity index is 1.76. The summed E-state index contributed by atoms with van der Waals surface area (Å²) in [6, 6.07) is 1.31. The monoisotopic (exact) mass is 590 g/mol. The van der Waals surface area contributed by atoms with E-state index in [2.05, 4.69) is 59.3 Å². The minimum absolute atomic E-state index is 0.0329. The molecule has 1 aliphatic heterocycles. The molecule has 2 fully saturated rings. The molecule has 12 heteroatoms. The fraction of sp³-hybridized carbons (Fsp3) is 0.760. The van der Waals surface area contributed by atoms with Gasteiger partial charge >= 0.3 is 5.69 Å². The number of hydrogen-bond donors (Lipinski definition) is 2. The lowest BCUT2D eigenvalue weighted by Crippen LogP contribution is -2.44. The van der Waals surface area contributed by atoms with Crippen LogP contribution >= 0.6 is 19.8 Å². The topological polar surface area (TPSA) is 91.8 Å². The molecule has 1 saturated carbocycles. The summed E-state index contributed by atoms with van der Waals surface area (Å²) in [6.45, 7) is 19.5. The maximum absolute atomic E-state index is 12.4. The molecule has 0 radical (unpaired) electrons. The molecule has 0 spiro atoms. The third kappa shape index (κ3) is 7.78. The first-order chi connectivity index (χ1) is 17.0. The van der Waals surface area contributed by atoms with Gasteiger partial charge in [0.15, 0.2) is 15.5 Å². The average Bonchev–Trinajstić information content (AvgIpc) is 3.14. The van der Waals surface area contributed by atoms with E-state index in [4.69, 9.17) is 42.6 Å². The molecule has 0 amide bonds. The fourth-order valence-electron chi connectivity index (χ4n) is 4.45. The smallest absolute Gasteiger partial charge is 0.330 e. The summed E-state index contributed by atoms with van der Waals surface area (Å²) in [5.41, 5.74) is 0.170. The van der Waals surface area contributed by atoms with Crippen molar-refractivity contribution in [3.8, 4) is 0 Å². The highest BCUT2D eigenvalue weighted by Gasteiger charge is 2.44. The largest absolute Gasteiger partial charge is 0.414 e. The summed E-state index contributed by atoms with van der Waals surface area (Å²) < 4.78 is 26.5. The van der Waals surface area contributed by atoms with Crippen LogP contribution in [0.25, 0.3) is 0 Å². The lowest BCUT2D eigenvalue weighted by molar-refractivity contribution is -0.0400. The van der Waals surface area contributed by atoms with Crippen molar-refractivity contribution >= 4 is 39.9 Å². The van der Waals surface area contributed by atoms with Gasteiger partial charge in [-0.1, -0.05) is 32.9 Å². The van der Waals surface area contributed by atoms with Gasteiger partial charge in [-0.3, -0.25) is 14.3 Å². The van der Waals surface area contributed by atoms with E-state index in [1.807, 2.05) is 0 Å². The molecule has 0 aromatic carbocycles. The molecular weight excluding hydrogens is 547 g/mol. The molecule has 1 aromatic rings. The van der Waals surface area contributed by atoms with Crippen LogP contribution in [0.15, 0.2) is 34.0 Å². The average molecular weight is 591 g/mol. The van der Waals surface area contributed by atoms with E-state index in [0.717, 1.165) is 24.8 Å². The van der Waals surface area contributed by atoms with E-state index in [0.29, 0.717) is 18.9 Å². The molecule has 2 heterocycles. The minimum Gasteiger partial charge on any atom is -0.414 e. The summed E-state index contributed by atoms with van der Waals surface area (Å²) >= 11 is 10.6. The van der Waals surface area contributed by atoms with Crippen LogP contribution < -0.4 is 11.2 Å². The van der Waals surface area contributed by atoms with Crippen molar-refractivity contribution in [3.63, 3.8) is 0 Å². The standard InChI is InChI=1S/C25H43N2O6PS2Si/c1-16(2)17-9-11-25(6,35)20(13-17)33-34(36)32-18-14-22(27-12-10-21(28)26-23(27)29)31-19(18)15-30-37(7,8)24(3,4)5/h10,12,17-20,22,34-35H,1,9,11,13-15H2,2-8H3,(H,26,28,29)/t17-,18+,19-,20+,22-,25+/m1/s1. The molecule has 1 saturated heterocycles. The Morgan fingerprint density at radius 2 is 2.03 bits per heavy atom. The lowest BCUT2D eigenvalue weighted by atomic mass is 9.77. The van der Waals surface area contributed by atoms with Crippen LogP contribution in [0.3, 0.4) is 0 Å². The van der Waals surface area contributed by atoms with Gasteiger partial charge in [0.05, 0.1) is 18.8 Å². The maximum atomic E-state index is 12.4. The number of ether oxygens (including phenoxy) is 1. The van der Waals surface area contributed by atoms with E-state index >= 15 is 0 Å². The highest BCUT2D eigenvalue weighted by molar-refractivity contribution is 8.00. The summed E-state index contributed by atoms with van der Waals surface area (Å²) in [6.07, 6.45) is 3.02. The normalized spacial score (nSPS) is 31.8. The third-order valence-electron chi connectivity index (χ3n) is 8.13. The first-order valence-corrected chi connectivity index (χ1v) is 18.7. The molecule has 210 valence electrons. The molecule has 7 atom stereocenters. The molecule has 1 aliphatic carbocycles. The second-order valence-electron chi connectivity index (χ2n) is 12.1. The van der Waals surface area contributed by atoms with E-state index in [-0.39, 0.29) is 15.9 Å². The van der Waals surface area contributed by atoms with Crippen molar-refractivity contribution < 1.29 is 18.2 Å². The lowest BCUT2D eigenvalue weighted by Gasteiger charge is -2.41. The summed E-state index contributed by atoms with van der Waals surface area (Å²) in [7, 11) is -4.14. The molecule has 2 aliphatic rings. The second-order valence-corrected chi connectivity index (χ2v) is 19.9. The van der Waals surface area contributed by atoms with E-state index in [1.54, 1.807) is 0 Å². The van der Waals surface area contributed by atoms with Gasteiger partial charge in [0, 0.05) is 23.4 Å². The van der Waals surface area contributed by atoms with Gasteiger partial charge in [-0.05, 0) is 69.0 Å². The number of H-pyrrole nitrogens is 1. The first kappa shape index (κ1) is 31.0. The highest BCUT2D eigenvalue weighted by atomic mass is 32.4. The number of hydrogen-bond acceptors (Lipinski definition) is 8. The maximum Gasteiger partial charge on any atom is 0.330 e. The molecule has 1 aromatic heterocycles. The molecule has 1 N–H and O–H groups in total. The van der Waals surface area contributed by atoms with Crippen molar-refractivity contribution in [1.29, 1.82) is 0 Å². The Morgan fingerprint density at radius 1 is 1.35 bits per heavy atom. The quantitative estimate of drug-likeness (QED) is 0.177. The van der Waals surface area contributed by atoms with Gasteiger partial charge in [0.2, 0.25) is 0 Å². The zero-order valence-corrected chi connectivity index (χ0v) is 26.7. The Bertz CT molecular complexity index is 1120. The molecule has 3 rings (SSSR count). The molecule has 0 bridgehead atoms. The van der Waals surface area contributed by atoms with Crippen LogP contribution in [0.4, 0.5) is 0 Å². The van der Waals surface area contributed by atoms with E-state index in [9.17, 15) is 9.59 Å². The van der Waals surface area contributed by atoms with Crippen LogP contribution in [0.2, 0.25) is 18.1 Å². The van der Waals surface area contributed by atoms with Gasteiger partial charge in [0.25, 0.3) is 5.56 Å². The van der Waals surface area contributed by atoms with Gasteiger partial charge in [-0.2, -0.15) is 12.6 Å². The van der Waals surface area contributed by atoms with Gasteiger partial charge in [-0.15, -0.1) is 0 Å². The third-order valence-corrected chi connectivity index (χ3v) is 14.7. The zero-order chi connectivity index (χ0) is 27.8. The van der Waals surface area contributed by atoms with Crippen LogP contribution in [0.5, 0.6) is 0 Å². The number of rotatable bonds is 9. The number of thiol groups is 1. The van der Waals surface area contributed by atoms with Crippen molar-refractivity contribution in [1.82, 2.24) is 9.55 Å². The first-order valence-electron chi connectivity index (χ1n) is 12.9. The second kappa shape index (κ2) is 11.9. The van der Waals surface area contributed by atoms with Gasteiger partial charge in [-0.25, -0.2) is 4.79 Å². The molecular formula is C25H43N2O6PS2Si. The summed E-state index contributed by atoms with van der Waals surface area (Å²) in [5.74, 6) is 0.382. The van der Waals surface area contributed by atoms with E-state index in [1.165, 1.54) is 16.8 Å². The molecule has 1 unspecified atom stereocenters. The van der Waals surface area contributed by atoms with Crippen molar-refractivity contribution in [2.75, 3.05) is 6.61 Å². The Morgan fingerprint density at radius 3 is 2.62 bits per heavy atom. The van der Waals surface area contributed by atoms with Crippen molar-refractivity contribution in [2.45, 2.75) is 108 Å². The van der Waals surface area contributed by atoms with Gasteiger partial charge in [0.1, 0.15) is 12.3 Å². The summed E-state index contributed by atoms with van der Waals surface area (Å²) in [5, 5.41) is 0.0329. The van der Waals surface area contributed by atoms with Crippen molar-refractivity contribution in [3.05, 3.63) is 45.3 Å². The number of allylic oxidation sites excluding steroid dienone is 1. The minimum atomic E-state index is -2.09. The van der Waals surface area contributed by atoms with Crippen LogP contribution in [0.1, 0.15) is 66.5 Å². The predicted molar refractivity (Wildman–Crippen MR) is 158 cm³/mol.